The van der Waals surface area contributed by atoms with Crippen LogP contribution in [0.25, 0.3) is 0 Å². The van der Waals surface area contributed by atoms with E-state index in [1.807, 2.05) is 0 Å². The minimum absolute atomic E-state index is 0. The van der Waals surface area contributed by atoms with E-state index in [0.717, 1.165) is 41.5 Å². The zero-order chi connectivity index (χ0) is 21.5. The summed E-state index contributed by atoms with van der Waals surface area (Å²) in [7, 11) is 0. The van der Waals surface area contributed by atoms with E-state index in [0.29, 0.717) is 0 Å². The third kappa shape index (κ3) is 1130. The summed E-state index contributed by atoms with van der Waals surface area (Å²) < 4.78 is 0. The van der Waals surface area contributed by atoms with Crippen LogP contribution in [-0.2, 0) is 45.8 Å². The maximum Gasteiger partial charge on any atom is 0.300 e. The number of aliphatic carboxylic acids is 6. The van der Waals surface area contributed by atoms with Crippen LogP contribution in [0.1, 0.15) is 41.5 Å². The van der Waals surface area contributed by atoms with E-state index in [1.165, 1.54) is 0 Å². The van der Waals surface area contributed by atoms with Crippen LogP contribution in [0, 0.1) is 0 Å². The molecule has 0 aliphatic carbocycles. The van der Waals surface area contributed by atoms with Gasteiger partial charge >= 0.3 is 0 Å². The predicted octanol–water partition coefficient (Wildman–Crippen LogP) is 0.543. The molecule has 0 rings (SSSR count). The molecule has 0 aliphatic heterocycles. The maximum absolute atomic E-state index is 9.00. The molecule has 0 saturated heterocycles. The van der Waals surface area contributed by atoms with Gasteiger partial charge in [-0.2, -0.15) is 0 Å². The molecule has 0 saturated carbocycles. The van der Waals surface area contributed by atoms with Crippen molar-refractivity contribution in [2.45, 2.75) is 41.5 Å². The Bertz CT molecular complexity index is 261. The van der Waals surface area contributed by atoms with Crippen LogP contribution < -0.4 is 0 Å². The van der Waals surface area contributed by atoms with Gasteiger partial charge in [0.1, 0.15) is 0 Å². The molecule has 0 aromatic carbocycles. The SMILES string of the molecule is CC(=O)O.CC(=O)O.CC(=O)O.CC(=O)O.CC(=O)O.CC(=O)O.[Fe]. The van der Waals surface area contributed by atoms with Crippen molar-refractivity contribution in [1.82, 2.24) is 0 Å². The van der Waals surface area contributed by atoms with Gasteiger partial charge in [0.25, 0.3) is 35.8 Å². The topological polar surface area (TPSA) is 224 Å². The minimum atomic E-state index is -0.833. The normalized spacial score (nSPS) is 6.00. The minimum Gasteiger partial charge on any atom is -0.481 e. The fourth-order valence-electron chi connectivity index (χ4n) is 0. The Morgan fingerprint density at radius 3 is 0.360 bits per heavy atom. The molecule has 0 unspecified atom stereocenters. The average Bonchev–Trinajstić information content (AvgIpc) is 2.08. The molecule has 0 heterocycles. The second-order valence-corrected chi connectivity index (χ2v) is 3.11. The largest absolute Gasteiger partial charge is 0.481 e. The summed E-state index contributed by atoms with van der Waals surface area (Å²) in [6.45, 7) is 6.50. The molecule has 0 bridgehead atoms. The molecule has 0 aromatic rings. The van der Waals surface area contributed by atoms with E-state index in [-0.39, 0.29) is 17.1 Å². The Morgan fingerprint density at radius 1 is 0.360 bits per heavy atom. The first-order chi connectivity index (χ1) is 10.4. The second-order valence-electron chi connectivity index (χ2n) is 3.11. The third-order valence-corrected chi connectivity index (χ3v) is 0. The van der Waals surface area contributed by atoms with Crippen molar-refractivity contribution in [2.24, 2.45) is 0 Å². The zero-order valence-corrected chi connectivity index (χ0v) is 15.6. The summed E-state index contributed by atoms with van der Waals surface area (Å²) in [6, 6.07) is 0. The summed E-state index contributed by atoms with van der Waals surface area (Å²) in [4.78, 5) is 54.0. The fraction of sp³-hybridized carbons (Fsp3) is 0.500. The Kier molecular flexibility index (Phi) is 64.9. The first-order valence-electron chi connectivity index (χ1n) is 5.57. The molecule has 6 N–H and O–H groups in total. The second kappa shape index (κ2) is 37.5. The van der Waals surface area contributed by atoms with Crippen molar-refractivity contribution in [3.63, 3.8) is 0 Å². The standard InChI is InChI=1S/6C2H4O2.Fe/c6*1-2(3)4;/h6*1H3,(H,3,4);. The Balaban J connectivity index is -0.0000000309. The van der Waals surface area contributed by atoms with Crippen molar-refractivity contribution in [3.8, 4) is 0 Å². The molecule has 13 heteroatoms. The number of carbonyl (C=O) groups is 6. The number of rotatable bonds is 0. The van der Waals surface area contributed by atoms with Gasteiger partial charge in [0.05, 0.1) is 0 Å². The predicted molar refractivity (Wildman–Crippen MR) is 79.9 cm³/mol. The van der Waals surface area contributed by atoms with Gasteiger partial charge in [-0.1, -0.05) is 0 Å². The van der Waals surface area contributed by atoms with Gasteiger partial charge in [0.15, 0.2) is 0 Å². The molecule has 0 fully saturated rings. The van der Waals surface area contributed by atoms with Gasteiger partial charge in [-0.25, -0.2) is 0 Å². The molecule has 0 aliphatic rings. The smallest absolute Gasteiger partial charge is 0.300 e. The van der Waals surface area contributed by atoms with Gasteiger partial charge in [-0.3, -0.25) is 28.8 Å². The van der Waals surface area contributed by atoms with Crippen LogP contribution in [0.2, 0.25) is 0 Å². The van der Waals surface area contributed by atoms with Crippen LogP contribution in [0.15, 0.2) is 0 Å². The quantitative estimate of drug-likeness (QED) is 0.298. The first-order valence-corrected chi connectivity index (χ1v) is 5.57. The van der Waals surface area contributed by atoms with Crippen molar-refractivity contribution in [2.75, 3.05) is 0 Å². The molecule has 0 radical (unpaired) electrons. The first kappa shape index (κ1) is 43.2. The van der Waals surface area contributed by atoms with Gasteiger partial charge < -0.3 is 30.6 Å². The molecule has 12 nitrogen and oxygen atoms in total. The monoisotopic (exact) mass is 416 g/mol. The summed E-state index contributed by atoms with van der Waals surface area (Å²) in [5.41, 5.74) is 0. The fourth-order valence-corrected chi connectivity index (χ4v) is 0. The molecule has 0 atom stereocenters. The van der Waals surface area contributed by atoms with E-state index in [1.54, 1.807) is 0 Å². The molecule has 0 aromatic heterocycles. The molecule has 152 valence electrons. The van der Waals surface area contributed by atoms with Gasteiger partial charge in [0, 0.05) is 58.6 Å². The third-order valence-electron chi connectivity index (χ3n) is 0. The van der Waals surface area contributed by atoms with Crippen molar-refractivity contribution in [1.29, 1.82) is 0 Å². The zero-order valence-electron chi connectivity index (χ0n) is 14.5. The average molecular weight is 416 g/mol. The van der Waals surface area contributed by atoms with E-state index in [9.17, 15) is 0 Å². The van der Waals surface area contributed by atoms with Gasteiger partial charge in [0.2, 0.25) is 0 Å². The molecular weight excluding hydrogens is 392 g/mol. The number of hydrogen-bond acceptors (Lipinski definition) is 6. The van der Waals surface area contributed by atoms with Gasteiger partial charge in [-0.15, -0.1) is 0 Å². The van der Waals surface area contributed by atoms with E-state index >= 15 is 0 Å². The maximum atomic E-state index is 9.00. The summed E-state index contributed by atoms with van der Waals surface area (Å²) >= 11 is 0. The number of carboxylic acid groups (broad SMARTS) is 6. The molecule has 25 heavy (non-hydrogen) atoms. The van der Waals surface area contributed by atoms with Crippen molar-refractivity contribution in [3.05, 3.63) is 0 Å². The van der Waals surface area contributed by atoms with Crippen LogP contribution >= 0.6 is 0 Å². The Labute approximate surface area is 154 Å². The van der Waals surface area contributed by atoms with Crippen LogP contribution in [0.5, 0.6) is 0 Å². The molecule has 0 amide bonds. The molecular formula is C12H24FeO12. The van der Waals surface area contributed by atoms with E-state index < -0.39 is 35.8 Å². The molecule has 0 spiro atoms. The van der Waals surface area contributed by atoms with E-state index in [4.69, 9.17) is 59.4 Å². The number of hydrogen-bond donors (Lipinski definition) is 6. The van der Waals surface area contributed by atoms with Gasteiger partial charge in [-0.05, 0) is 0 Å². The van der Waals surface area contributed by atoms with Crippen LogP contribution in [0.3, 0.4) is 0 Å². The number of carboxylic acids is 6. The summed E-state index contributed by atoms with van der Waals surface area (Å²) in [5.74, 6) is -5.00. The van der Waals surface area contributed by atoms with E-state index in [2.05, 4.69) is 0 Å². The van der Waals surface area contributed by atoms with Crippen molar-refractivity contribution >= 4 is 35.8 Å². The van der Waals surface area contributed by atoms with Crippen LogP contribution in [-0.4, -0.2) is 66.5 Å². The Morgan fingerprint density at radius 2 is 0.360 bits per heavy atom. The van der Waals surface area contributed by atoms with Crippen LogP contribution in [0.4, 0.5) is 0 Å². The Hall–Kier alpha value is -2.66. The summed E-state index contributed by atoms with van der Waals surface area (Å²) in [5, 5.41) is 44.5. The summed E-state index contributed by atoms with van der Waals surface area (Å²) in [6.07, 6.45) is 0. The van der Waals surface area contributed by atoms with Crippen molar-refractivity contribution < 1.29 is 76.5 Å².